The van der Waals surface area contributed by atoms with Crippen molar-refractivity contribution < 1.29 is 23.4 Å². The summed E-state index contributed by atoms with van der Waals surface area (Å²) in [5.74, 6) is 0.108. The van der Waals surface area contributed by atoms with Gasteiger partial charge in [-0.15, -0.1) is 0 Å². The van der Waals surface area contributed by atoms with E-state index in [0.717, 1.165) is 44.0 Å². The Morgan fingerprint density at radius 2 is 1.84 bits per heavy atom. The zero-order chi connectivity index (χ0) is 22.0. The monoisotopic (exact) mass is 423 g/mol. The van der Waals surface area contributed by atoms with Crippen molar-refractivity contribution in [2.24, 2.45) is 0 Å². The van der Waals surface area contributed by atoms with E-state index in [1.165, 1.54) is 18.7 Å². The number of carbonyl (C=O) groups excluding carboxylic acids is 1. The van der Waals surface area contributed by atoms with Gasteiger partial charge in [0.2, 0.25) is 0 Å². The highest BCUT2D eigenvalue weighted by Crippen LogP contribution is 2.27. The lowest BCUT2D eigenvalue weighted by Gasteiger charge is -2.27. The Labute approximate surface area is 180 Å². The van der Waals surface area contributed by atoms with E-state index in [2.05, 4.69) is 4.90 Å². The fraction of sp³-hybridized carbons (Fsp3) is 0.333. The van der Waals surface area contributed by atoms with Crippen molar-refractivity contribution in [3.63, 3.8) is 0 Å². The highest BCUT2D eigenvalue weighted by atomic mass is 16.5. The van der Waals surface area contributed by atoms with Crippen LogP contribution in [0.4, 0.5) is 0 Å². The third-order valence-corrected chi connectivity index (χ3v) is 5.50. The summed E-state index contributed by atoms with van der Waals surface area (Å²) in [4.78, 5) is 27.5. The standard InChI is InChI=1S/C24H25NO6/c1-15-12-21(16(2)11-18(15)14-25-7-9-29-10-8-25)30-23(26)19-13-17-5-4-6-20(28-3)22(17)31-24(19)27/h4-6,11-13H,7-10,14H2,1-3H3. The number of aryl methyl sites for hydroxylation is 2. The van der Waals surface area contributed by atoms with E-state index in [0.29, 0.717) is 22.5 Å². The molecule has 7 nitrogen and oxygen atoms in total. The van der Waals surface area contributed by atoms with Gasteiger partial charge in [-0.3, -0.25) is 4.90 Å². The molecular weight excluding hydrogens is 398 g/mol. The Morgan fingerprint density at radius 3 is 2.58 bits per heavy atom. The maximum atomic E-state index is 12.8. The van der Waals surface area contributed by atoms with Crippen LogP contribution in [0.25, 0.3) is 11.0 Å². The molecular formula is C24H25NO6. The molecule has 0 amide bonds. The molecule has 0 N–H and O–H groups in total. The van der Waals surface area contributed by atoms with Crippen LogP contribution in [0, 0.1) is 13.8 Å². The Bertz CT molecular complexity index is 1180. The van der Waals surface area contributed by atoms with E-state index in [-0.39, 0.29) is 5.56 Å². The first kappa shape index (κ1) is 21.1. The lowest BCUT2D eigenvalue weighted by Crippen LogP contribution is -2.35. The van der Waals surface area contributed by atoms with Crippen molar-refractivity contribution in [3.05, 3.63) is 69.1 Å². The number of carbonyl (C=O) groups is 1. The van der Waals surface area contributed by atoms with Gasteiger partial charge < -0.3 is 18.6 Å². The Kier molecular flexibility index (Phi) is 6.06. The maximum absolute atomic E-state index is 12.8. The number of esters is 1. The second-order valence-corrected chi connectivity index (χ2v) is 7.65. The highest BCUT2D eigenvalue weighted by Gasteiger charge is 2.20. The zero-order valence-electron chi connectivity index (χ0n) is 17.9. The number of rotatable bonds is 5. The van der Waals surface area contributed by atoms with E-state index in [1.54, 1.807) is 18.2 Å². The van der Waals surface area contributed by atoms with E-state index < -0.39 is 11.6 Å². The fourth-order valence-corrected chi connectivity index (χ4v) is 3.71. The van der Waals surface area contributed by atoms with Crippen LogP contribution in [0.1, 0.15) is 27.0 Å². The van der Waals surface area contributed by atoms with Crippen molar-refractivity contribution in [2.45, 2.75) is 20.4 Å². The number of para-hydroxylation sites is 1. The second kappa shape index (κ2) is 8.91. The fourth-order valence-electron chi connectivity index (χ4n) is 3.71. The Hall–Kier alpha value is -3.16. The molecule has 31 heavy (non-hydrogen) atoms. The lowest BCUT2D eigenvalue weighted by molar-refractivity contribution is 0.0341. The topological polar surface area (TPSA) is 78.2 Å². The van der Waals surface area contributed by atoms with Gasteiger partial charge in [0.05, 0.1) is 20.3 Å². The summed E-state index contributed by atoms with van der Waals surface area (Å²) in [6, 6.07) is 10.5. The van der Waals surface area contributed by atoms with Crippen LogP contribution in [0.5, 0.6) is 11.5 Å². The van der Waals surface area contributed by atoms with Crippen LogP contribution < -0.4 is 15.1 Å². The molecule has 1 saturated heterocycles. The number of hydrogen-bond acceptors (Lipinski definition) is 7. The number of methoxy groups -OCH3 is 1. The highest BCUT2D eigenvalue weighted by molar-refractivity contribution is 5.95. The smallest absolute Gasteiger partial charge is 0.351 e. The quantitative estimate of drug-likeness (QED) is 0.353. The van der Waals surface area contributed by atoms with Crippen molar-refractivity contribution in [2.75, 3.05) is 33.4 Å². The van der Waals surface area contributed by atoms with Crippen molar-refractivity contribution in [3.8, 4) is 11.5 Å². The zero-order valence-corrected chi connectivity index (χ0v) is 17.9. The van der Waals surface area contributed by atoms with Crippen LogP contribution in [-0.4, -0.2) is 44.3 Å². The molecule has 0 aliphatic carbocycles. The molecule has 7 heteroatoms. The van der Waals surface area contributed by atoms with Crippen LogP contribution in [-0.2, 0) is 11.3 Å². The largest absolute Gasteiger partial charge is 0.493 e. The third-order valence-electron chi connectivity index (χ3n) is 5.50. The molecule has 0 spiro atoms. The molecule has 1 aliphatic rings. The summed E-state index contributed by atoms with van der Waals surface area (Å²) in [5.41, 5.74) is 2.40. The predicted octanol–water partition coefficient (Wildman–Crippen LogP) is 3.47. The van der Waals surface area contributed by atoms with Gasteiger partial charge in [0.25, 0.3) is 0 Å². The van der Waals surface area contributed by atoms with Gasteiger partial charge in [-0.1, -0.05) is 18.2 Å². The number of benzene rings is 2. The predicted molar refractivity (Wildman–Crippen MR) is 116 cm³/mol. The van der Waals surface area contributed by atoms with Gasteiger partial charge in [0.15, 0.2) is 11.3 Å². The summed E-state index contributed by atoms with van der Waals surface area (Å²) in [6.45, 7) is 7.99. The molecule has 0 bridgehead atoms. The first-order valence-electron chi connectivity index (χ1n) is 10.2. The van der Waals surface area contributed by atoms with Crippen LogP contribution in [0.3, 0.4) is 0 Å². The molecule has 3 aromatic rings. The molecule has 2 aromatic carbocycles. The normalized spacial score (nSPS) is 14.5. The van der Waals surface area contributed by atoms with Gasteiger partial charge in [0.1, 0.15) is 11.3 Å². The van der Waals surface area contributed by atoms with E-state index >= 15 is 0 Å². The molecule has 162 valence electrons. The average Bonchev–Trinajstić information content (AvgIpc) is 2.77. The van der Waals surface area contributed by atoms with Gasteiger partial charge in [0, 0.05) is 25.0 Å². The van der Waals surface area contributed by atoms with E-state index in [9.17, 15) is 9.59 Å². The molecule has 1 fully saturated rings. The summed E-state index contributed by atoms with van der Waals surface area (Å²) < 4.78 is 21.5. The maximum Gasteiger partial charge on any atom is 0.351 e. The number of fused-ring (bicyclic) bond motifs is 1. The average molecular weight is 423 g/mol. The summed E-state index contributed by atoms with van der Waals surface area (Å²) in [7, 11) is 1.49. The van der Waals surface area contributed by atoms with Crippen LogP contribution >= 0.6 is 0 Å². The van der Waals surface area contributed by atoms with Gasteiger partial charge in [-0.05, 0) is 48.7 Å². The minimum atomic E-state index is -0.764. The minimum Gasteiger partial charge on any atom is -0.493 e. The third kappa shape index (κ3) is 4.47. The Morgan fingerprint density at radius 1 is 1.06 bits per heavy atom. The first-order chi connectivity index (χ1) is 15.0. The molecule has 1 aromatic heterocycles. The van der Waals surface area contributed by atoms with Crippen LogP contribution in [0.15, 0.2) is 45.6 Å². The molecule has 2 heterocycles. The molecule has 0 unspecified atom stereocenters. The molecule has 0 atom stereocenters. The molecule has 1 aliphatic heterocycles. The van der Waals surface area contributed by atoms with Gasteiger partial charge in [-0.25, -0.2) is 9.59 Å². The summed E-state index contributed by atoms with van der Waals surface area (Å²) in [5, 5.41) is 0.583. The number of hydrogen-bond donors (Lipinski definition) is 0. The molecule has 4 rings (SSSR count). The number of morpholine rings is 1. The van der Waals surface area contributed by atoms with E-state index in [1.807, 2.05) is 26.0 Å². The molecule has 0 saturated carbocycles. The van der Waals surface area contributed by atoms with Crippen molar-refractivity contribution >= 4 is 16.9 Å². The number of ether oxygens (including phenoxy) is 3. The van der Waals surface area contributed by atoms with Crippen molar-refractivity contribution in [1.29, 1.82) is 0 Å². The van der Waals surface area contributed by atoms with Gasteiger partial charge in [-0.2, -0.15) is 0 Å². The lowest BCUT2D eigenvalue weighted by atomic mass is 10.0. The van der Waals surface area contributed by atoms with Crippen LogP contribution in [0.2, 0.25) is 0 Å². The second-order valence-electron chi connectivity index (χ2n) is 7.65. The van der Waals surface area contributed by atoms with Crippen molar-refractivity contribution in [1.82, 2.24) is 4.90 Å². The number of nitrogens with zero attached hydrogens (tertiary/aromatic N) is 1. The SMILES string of the molecule is COc1cccc2cc(C(=O)Oc3cc(C)c(CN4CCOCC4)cc3C)c(=O)oc12. The van der Waals surface area contributed by atoms with Gasteiger partial charge >= 0.3 is 11.6 Å². The summed E-state index contributed by atoms with van der Waals surface area (Å²) in [6.07, 6.45) is 0. The Balaban J connectivity index is 1.57. The minimum absolute atomic E-state index is 0.157. The van der Waals surface area contributed by atoms with E-state index in [4.69, 9.17) is 18.6 Å². The first-order valence-corrected chi connectivity index (χ1v) is 10.2. The summed E-state index contributed by atoms with van der Waals surface area (Å²) >= 11 is 0. The molecule has 0 radical (unpaired) electrons.